The van der Waals surface area contributed by atoms with Crippen LogP contribution in [0.25, 0.3) is 22.6 Å². The molecule has 0 atom stereocenters. The molecule has 6 rings (SSSR count). The molecule has 1 aromatic carbocycles. The number of hydrogen-bond donors (Lipinski definition) is 4. The fraction of sp³-hybridized carbons (Fsp3) is 0.190. The van der Waals surface area contributed by atoms with Crippen LogP contribution in [0.15, 0.2) is 36.2 Å². The maximum absolute atomic E-state index is 11.9. The Labute approximate surface area is 180 Å². The van der Waals surface area contributed by atoms with Gasteiger partial charge in [-0.15, -0.1) is 0 Å². The zero-order chi connectivity index (χ0) is 21.8. The van der Waals surface area contributed by atoms with Gasteiger partial charge in [0.1, 0.15) is 11.4 Å². The number of nitrogens with zero attached hydrogens (tertiary/aromatic N) is 4. The van der Waals surface area contributed by atoms with Gasteiger partial charge in [0.25, 0.3) is 5.91 Å². The maximum Gasteiger partial charge on any atom is 0.327 e. The van der Waals surface area contributed by atoms with Crippen molar-refractivity contribution >= 4 is 40.5 Å². The number of amides is 3. The van der Waals surface area contributed by atoms with Gasteiger partial charge < -0.3 is 20.4 Å². The summed E-state index contributed by atoms with van der Waals surface area (Å²) in [4.78, 5) is 35.7. The molecule has 4 N–H and O–H groups in total. The first-order chi connectivity index (χ1) is 15.5. The molecule has 1 saturated carbocycles. The van der Waals surface area contributed by atoms with E-state index >= 15 is 0 Å². The molecule has 3 aromatic heterocycles. The fourth-order valence-corrected chi connectivity index (χ4v) is 3.59. The van der Waals surface area contributed by atoms with Crippen LogP contribution >= 0.6 is 0 Å². The fourth-order valence-electron chi connectivity index (χ4n) is 3.59. The molecule has 0 bridgehead atoms. The highest BCUT2D eigenvalue weighted by Gasteiger charge is 2.26. The third-order valence-corrected chi connectivity index (χ3v) is 5.24. The lowest BCUT2D eigenvalue weighted by atomic mass is 10.2. The molecule has 160 valence electrons. The minimum Gasteiger partial charge on any atom is -0.424 e. The van der Waals surface area contributed by atoms with Crippen LogP contribution in [0.4, 0.5) is 10.7 Å². The van der Waals surface area contributed by atoms with Gasteiger partial charge in [0, 0.05) is 28.2 Å². The first-order valence-electron chi connectivity index (χ1n) is 10.2. The average molecular weight is 430 g/mol. The van der Waals surface area contributed by atoms with Crippen molar-refractivity contribution in [1.29, 1.82) is 0 Å². The Kier molecular flexibility index (Phi) is 3.90. The number of hydrogen-bond acceptors (Lipinski definition) is 7. The molecule has 11 nitrogen and oxygen atoms in total. The van der Waals surface area contributed by atoms with Crippen molar-refractivity contribution in [2.75, 3.05) is 5.32 Å². The summed E-state index contributed by atoms with van der Waals surface area (Å²) in [5, 5.41) is 13.4. The van der Waals surface area contributed by atoms with Crippen molar-refractivity contribution in [2.24, 2.45) is 0 Å². The maximum atomic E-state index is 11.9. The minimum absolute atomic E-state index is 0.121. The second kappa shape index (κ2) is 6.80. The summed E-state index contributed by atoms with van der Waals surface area (Å²) in [6.07, 6.45) is 5.19. The quantitative estimate of drug-likeness (QED) is 0.282. The molecule has 0 spiro atoms. The molecule has 1 saturated heterocycles. The summed E-state index contributed by atoms with van der Waals surface area (Å²) in [7, 11) is 0. The van der Waals surface area contributed by atoms with E-state index in [0.717, 1.165) is 29.4 Å². The lowest BCUT2D eigenvalue weighted by Crippen LogP contribution is -2.22. The van der Waals surface area contributed by atoms with Crippen LogP contribution in [-0.4, -0.2) is 42.5 Å². The predicted molar refractivity (Wildman–Crippen MR) is 115 cm³/mol. The van der Waals surface area contributed by atoms with Crippen LogP contribution in [0.3, 0.4) is 0 Å². The number of ether oxygens (including phenoxy) is 1. The van der Waals surface area contributed by atoms with Crippen LogP contribution in [0.1, 0.15) is 24.1 Å². The van der Waals surface area contributed by atoms with Crippen molar-refractivity contribution in [3.8, 4) is 11.8 Å². The molecule has 4 aromatic rings. The summed E-state index contributed by atoms with van der Waals surface area (Å²) in [6, 6.07) is 7.64. The number of rotatable bonds is 5. The summed E-state index contributed by atoms with van der Waals surface area (Å²) >= 11 is 0. The van der Waals surface area contributed by atoms with Gasteiger partial charge in [0.05, 0.1) is 6.20 Å². The van der Waals surface area contributed by atoms with E-state index < -0.39 is 11.9 Å². The SMILES string of the molecule is Cc1cc2cc(Oc3nc(NC4CC4)n4ncc(/C=C5\NC(=O)NC5=O)c4n3)ccc2[nH]1. The van der Waals surface area contributed by atoms with E-state index in [-0.39, 0.29) is 11.7 Å². The molecule has 32 heavy (non-hydrogen) atoms. The van der Waals surface area contributed by atoms with Crippen LogP contribution < -0.4 is 20.7 Å². The predicted octanol–water partition coefficient (Wildman–Crippen LogP) is 2.46. The number of nitrogens with one attached hydrogen (secondary N) is 4. The van der Waals surface area contributed by atoms with Crippen molar-refractivity contribution in [3.63, 3.8) is 0 Å². The number of urea groups is 1. The summed E-state index contributed by atoms with van der Waals surface area (Å²) in [5.41, 5.74) is 3.18. The number of fused-ring (bicyclic) bond motifs is 2. The Morgan fingerprint density at radius 2 is 2.06 bits per heavy atom. The highest BCUT2D eigenvalue weighted by Crippen LogP contribution is 2.29. The zero-order valence-electron chi connectivity index (χ0n) is 17.0. The number of anilines is 1. The number of carbonyl (C=O) groups excluding carboxylic acids is 2. The van der Waals surface area contributed by atoms with Gasteiger partial charge in [-0.25, -0.2) is 4.79 Å². The molecular formula is C21H18N8O3. The molecule has 2 aliphatic rings. The van der Waals surface area contributed by atoms with Gasteiger partial charge >= 0.3 is 12.0 Å². The lowest BCUT2D eigenvalue weighted by Gasteiger charge is -2.09. The number of imide groups is 1. The number of aromatic amines is 1. The Hall–Kier alpha value is -4.41. The molecule has 0 radical (unpaired) electrons. The Balaban J connectivity index is 1.41. The van der Waals surface area contributed by atoms with Crippen LogP contribution in [0, 0.1) is 6.92 Å². The molecule has 0 unspecified atom stereocenters. The first kappa shape index (κ1) is 18.4. The zero-order valence-corrected chi connectivity index (χ0v) is 17.0. The number of carbonyl (C=O) groups is 2. The third kappa shape index (κ3) is 3.29. The van der Waals surface area contributed by atoms with Crippen molar-refractivity contribution in [2.45, 2.75) is 25.8 Å². The van der Waals surface area contributed by atoms with E-state index in [9.17, 15) is 9.59 Å². The number of aryl methyl sites for hydroxylation is 1. The van der Waals surface area contributed by atoms with Gasteiger partial charge in [-0.05, 0) is 50.1 Å². The first-order valence-corrected chi connectivity index (χ1v) is 10.2. The van der Waals surface area contributed by atoms with Crippen LogP contribution in [0.2, 0.25) is 0 Å². The normalized spacial score (nSPS) is 17.2. The lowest BCUT2D eigenvalue weighted by molar-refractivity contribution is -0.115. The Morgan fingerprint density at radius 1 is 1.19 bits per heavy atom. The van der Waals surface area contributed by atoms with Gasteiger partial charge in [0.2, 0.25) is 5.95 Å². The molecule has 3 amide bonds. The minimum atomic E-state index is -0.567. The highest BCUT2D eigenvalue weighted by molar-refractivity contribution is 6.14. The number of benzene rings is 1. The Morgan fingerprint density at radius 3 is 2.84 bits per heavy atom. The number of H-pyrrole nitrogens is 1. The van der Waals surface area contributed by atoms with E-state index in [1.165, 1.54) is 6.08 Å². The molecular weight excluding hydrogens is 412 g/mol. The molecule has 1 aliphatic heterocycles. The monoisotopic (exact) mass is 430 g/mol. The molecule has 2 fully saturated rings. The molecule has 11 heteroatoms. The van der Waals surface area contributed by atoms with Crippen LogP contribution in [-0.2, 0) is 4.79 Å². The van der Waals surface area contributed by atoms with E-state index in [1.54, 1.807) is 10.7 Å². The van der Waals surface area contributed by atoms with Gasteiger partial charge in [-0.1, -0.05) is 0 Å². The van der Waals surface area contributed by atoms with Gasteiger partial charge in [0.15, 0.2) is 5.65 Å². The van der Waals surface area contributed by atoms with E-state index in [2.05, 4.69) is 36.0 Å². The van der Waals surface area contributed by atoms with Gasteiger partial charge in [-0.3, -0.25) is 10.1 Å². The second-order valence-electron chi connectivity index (χ2n) is 7.85. The van der Waals surface area contributed by atoms with E-state index in [4.69, 9.17) is 4.74 Å². The van der Waals surface area contributed by atoms with E-state index in [1.807, 2.05) is 31.2 Å². The highest BCUT2D eigenvalue weighted by atomic mass is 16.5. The van der Waals surface area contributed by atoms with Crippen LogP contribution in [0.5, 0.6) is 11.8 Å². The topological polar surface area (TPSA) is 138 Å². The Bertz CT molecular complexity index is 1450. The van der Waals surface area contributed by atoms with Crippen molar-refractivity contribution in [3.05, 3.63) is 47.4 Å². The smallest absolute Gasteiger partial charge is 0.327 e. The summed E-state index contributed by atoms with van der Waals surface area (Å²) in [5.74, 6) is 0.585. The molecule has 1 aliphatic carbocycles. The van der Waals surface area contributed by atoms with Crippen molar-refractivity contribution < 1.29 is 14.3 Å². The van der Waals surface area contributed by atoms with Gasteiger partial charge in [-0.2, -0.15) is 19.6 Å². The summed E-state index contributed by atoms with van der Waals surface area (Å²) < 4.78 is 7.55. The average Bonchev–Trinajstić information content (AvgIpc) is 3.21. The third-order valence-electron chi connectivity index (χ3n) is 5.24. The van der Waals surface area contributed by atoms with Crippen molar-refractivity contribution in [1.82, 2.24) is 35.2 Å². The second-order valence-corrected chi connectivity index (χ2v) is 7.85. The standard InChI is InChI=1S/C21H18N8O3/c1-10-6-11-7-14(4-5-15(11)23-10)32-21-26-17-12(8-16-18(30)27-20(31)25-16)9-22-29(17)19(28-21)24-13-2-3-13/h4-9,13,23H,2-3H2,1H3,(H,24,26,28)(H2,25,27,30,31)/b16-8-. The molecule has 4 heterocycles. The largest absolute Gasteiger partial charge is 0.424 e. The summed E-state index contributed by atoms with van der Waals surface area (Å²) in [6.45, 7) is 2.00. The van der Waals surface area contributed by atoms with E-state index in [0.29, 0.717) is 29.0 Å². The number of aromatic nitrogens is 5.